The minimum absolute atomic E-state index is 0.598. The van der Waals surface area contributed by atoms with Gasteiger partial charge in [0, 0.05) is 0 Å². The van der Waals surface area contributed by atoms with Crippen molar-refractivity contribution in [1.29, 1.82) is 0 Å². The third-order valence-electron chi connectivity index (χ3n) is 0.601. The number of ether oxygens (including phenoxy) is 1. The Morgan fingerprint density at radius 1 is 1.20 bits per heavy atom. The van der Waals surface area contributed by atoms with Gasteiger partial charge in [-0.1, -0.05) is 0 Å². The Balaban J connectivity index is 4.47. The van der Waals surface area contributed by atoms with Crippen LogP contribution in [0.4, 0.5) is 22.0 Å². The van der Waals surface area contributed by atoms with Gasteiger partial charge in [0.25, 0.3) is 5.83 Å². The second-order valence-electron chi connectivity index (χ2n) is 1.29. The molecular formula is C4H3F5O. The molecular weight excluding hydrogens is 159 g/mol. The Labute approximate surface area is 53.1 Å². The van der Waals surface area contributed by atoms with E-state index in [0.29, 0.717) is 7.11 Å². The van der Waals surface area contributed by atoms with Gasteiger partial charge in [-0.05, 0) is 0 Å². The van der Waals surface area contributed by atoms with Gasteiger partial charge in [-0.15, -0.1) is 0 Å². The van der Waals surface area contributed by atoms with Gasteiger partial charge in [0.1, 0.15) is 0 Å². The predicted octanol–water partition coefficient (Wildman–Crippen LogP) is 2.30. The van der Waals surface area contributed by atoms with Gasteiger partial charge in [0.15, 0.2) is 0 Å². The smallest absolute Gasteiger partial charge is 0.449 e. The normalized spacial score (nSPS) is 14.6. The van der Waals surface area contributed by atoms with Crippen LogP contribution in [-0.4, -0.2) is 13.3 Å². The van der Waals surface area contributed by atoms with Gasteiger partial charge in [-0.2, -0.15) is 22.0 Å². The maximum Gasteiger partial charge on any atom is 0.449 e. The molecule has 0 saturated heterocycles. The summed E-state index contributed by atoms with van der Waals surface area (Å²) in [5, 5.41) is 0. The largest absolute Gasteiger partial charge is 0.472 e. The van der Waals surface area contributed by atoms with E-state index in [9.17, 15) is 22.0 Å². The number of hydrogen-bond donors (Lipinski definition) is 0. The van der Waals surface area contributed by atoms with Crippen LogP contribution in [-0.2, 0) is 4.74 Å². The van der Waals surface area contributed by atoms with Crippen LogP contribution in [0.1, 0.15) is 0 Å². The summed E-state index contributed by atoms with van der Waals surface area (Å²) in [6.07, 6.45) is -5.31. The summed E-state index contributed by atoms with van der Waals surface area (Å²) in [6.45, 7) is 0. The summed E-state index contributed by atoms with van der Waals surface area (Å²) in [5.74, 6) is -2.85. The van der Waals surface area contributed by atoms with E-state index in [-0.39, 0.29) is 0 Å². The summed E-state index contributed by atoms with van der Waals surface area (Å²) in [6, 6.07) is -2.26. The fourth-order valence-corrected chi connectivity index (χ4v) is 0.201. The number of methoxy groups -OCH3 is 1. The lowest BCUT2D eigenvalue weighted by atomic mass is 10.5. The highest BCUT2D eigenvalue weighted by atomic mass is 19.4. The number of rotatable bonds is 1. The average Bonchev–Trinajstić information content (AvgIpc) is 1.83. The van der Waals surface area contributed by atoms with Crippen molar-refractivity contribution in [2.75, 3.05) is 7.11 Å². The second kappa shape index (κ2) is 2.85. The minimum atomic E-state index is -5.31. The molecule has 0 amide bonds. The van der Waals surface area contributed by atoms with Crippen molar-refractivity contribution in [3.05, 3.63) is 11.8 Å². The molecule has 60 valence electrons. The highest BCUT2D eigenvalue weighted by Crippen LogP contribution is 2.29. The van der Waals surface area contributed by atoms with Gasteiger partial charge in [0.2, 0.25) is 0 Å². The molecule has 0 aliphatic heterocycles. The molecule has 0 aromatic carbocycles. The van der Waals surface area contributed by atoms with Crippen molar-refractivity contribution in [3.63, 3.8) is 0 Å². The van der Waals surface area contributed by atoms with Crippen LogP contribution in [0.25, 0.3) is 0 Å². The zero-order valence-corrected chi connectivity index (χ0v) is 4.80. The number of hydrogen-bond acceptors (Lipinski definition) is 1. The monoisotopic (exact) mass is 162 g/mol. The molecule has 0 fully saturated rings. The van der Waals surface area contributed by atoms with Crippen molar-refractivity contribution in [3.8, 4) is 0 Å². The van der Waals surface area contributed by atoms with Gasteiger partial charge < -0.3 is 4.74 Å². The number of alkyl halides is 3. The maximum absolute atomic E-state index is 11.6. The Kier molecular flexibility index (Phi) is 2.62. The van der Waals surface area contributed by atoms with Crippen molar-refractivity contribution in [1.82, 2.24) is 0 Å². The first kappa shape index (κ1) is 9.19. The Morgan fingerprint density at radius 2 is 1.60 bits per heavy atom. The first-order chi connectivity index (χ1) is 4.39. The van der Waals surface area contributed by atoms with Crippen molar-refractivity contribution < 1.29 is 26.7 Å². The van der Waals surface area contributed by atoms with E-state index in [2.05, 4.69) is 4.74 Å². The van der Waals surface area contributed by atoms with Crippen LogP contribution in [0.5, 0.6) is 0 Å². The summed E-state index contributed by atoms with van der Waals surface area (Å²) < 4.78 is 59.9. The fraction of sp³-hybridized carbons (Fsp3) is 0.500. The summed E-state index contributed by atoms with van der Waals surface area (Å²) >= 11 is 0. The summed E-state index contributed by atoms with van der Waals surface area (Å²) in [5.41, 5.74) is 0. The SMILES string of the molecule is CO/C(F)=C(\F)C(F)(F)F. The highest BCUT2D eigenvalue weighted by molar-refractivity contribution is 4.99. The Morgan fingerprint density at radius 3 is 1.70 bits per heavy atom. The molecule has 10 heavy (non-hydrogen) atoms. The lowest BCUT2D eigenvalue weighted by Crippen LogP contribution is -2.09. The van der Waals surface area contributed by atoms with Crippen LogP contribution in [0.15, 0.2) is 11.8 Å². The molecule has 0 atom stereocenters. The van der Waals surface area contributed by atoms with Crippen LogP contribution in [0, 0.1) is 0 Å². The fourth-order valence-electron chi connectivity index (χ4n) is 0.201. The molecule has 0 unspecified atom stereocenters. The molecule has 1 nitrogen and oxygen atoms in total. The molecule has 0 aliphatic rings. The average molecular weight is 162 g/mol. The summed E-state index contributed by atoms with van der Waals surface area (Å²) in [7, 11) is 0.598. The standard InChI is InChI=1S/C4H3F5O/c1-10-3(6)2(5)4(7,8)9/h1H3/b3-2-. The lowest BCUT2D eigenvalue weighted by Gasteiger charge is -2.02. The van der Waals surface area contributed by atoms with Gasteiger partial charge in [0.05, 0.1) is 7.11 Å². The van der Waals surface area contributed by atoms with E-state index in [0.717, 1.165) is 0 Å². The molecule has 0 aromatic rings. The molecule has 0 N–H and O–H groups in total. The molecule has 6 heteroatoms. The van der Waals surface area contributed by atoms with Crippen molar-refractivity contribution in [2.45, 2.75) is 6.18 Å². The van der Waals surface area contributed by atoms with Gasteiger partial charge in [-0.3, -0.25) is 0 Å². The van der Waals surface area contributed by atoms with E-state index in [1.165, 1.54) is 0 Å². The first-order valence-corrected chi connectivity index (χ1v) is 2.06. The van der Waals surface area contributed by atoms with Crippen LogP contribution < -0.4 is 0 Å². The topological polar surface area (TPSA) is 9.23 Å². The van der Waals surface area contributed by atoms with Crippen LogP contribution >= 0.6 is 0 Å². The van der Waals surface area contributed by atoms with Crippen molar-refractivity contribution in [2.24, 2.45) is 0 Å². The molecule has 0 saturated carbocycles. The molecule has 0 bridgehead atoms. The maximum atomic E-state index is 11.6. The van der Waals surface area contributed by atoms with E-state index < -0.39 is 18.0 Å². The van der Waals surface area contributed by atoms with Gasteiger partial charge in [-0.25, -0.2) is 0 Å². The first-order valence-electron chi connectivity index (χ1n) is 2.06. The molecule has 0 heterocycles. The molecule has 0 aliphatic carbocycles. The lowest BCUT2D eigenvalue weighted by molar-refractivity contribution is -0.115. The van der Waals surface area contributed by atoms with E-state index in [4.69, 9.17) is 0 Å². The molecule has 0 spiro atoms. The minimum Gasteiger partial charge on any atom is -0.472 e. The Bertz CT molecular complexity index is 146. The predicted molar refractivity (Wildman–Crippen MR) is 22.3 cm³/mol. The summed E-state index contributed by atoms with van der Waals surface area (Å²) in [4.78, 5) is 0. The molecule has 0 rings (SSSR count). The van der Waals surface area contributed by atoms with E-state index in [1.54, 1.807) is 0 Å². The molecule has 0 aromatic heterocycles. The van der Waals surface area contributed by atoms with Crippen LogP contribution in [0.3, 0.4) is 0 Å². The zero-order valence-electron chi connectivity index (χ0n) is 4.80. The quantitative estimate of drug-likeness (QED) is 0.424. The Hall–Kier alpha value is -0.810. The third-order valence-corrected chi connectivity index (χ3v) is 0.601. The number of allylic oxidation sites excluding steroid dienone is 1. The highest BCUT2D eigenvalue weighted by Gasteiger charge is 2.39. The third kappa shape index (κ3) is 2.20. The van der Waals surface area contributed by atoms with Gasteiger partial charge >= 0.3 is 12.2 Å². The van der Waals surface area contributed by atoms with E-state index in [1.807, 2.05) is 0 Å². The zero-order chi connectivity index (χ0) is 8.36. The van der Waals surface area contributed by atoms with Crippen LogP contribution in [0.2, 0.25) is 0 Å². The second-order valence-corrected chi connectivity index (χ2v) is 1.29. The van der Waals surface area contributed by atoms with E-state index >= 15 is 0 Å². The molecule has 0 radical (unpaired) electrons. The number of halogens is 5. The van der Waals surface area contributed by atoms with Crippen molar-refractivity contribution >= 4 is 0 Å².